The minimum Gasteiger partial charge on any atom is -0.300 e. The fraction of sp³-hybridized carbons (Fsp3) is 0.364. The Bertz CT molecular complexity index is 328. The van der Waals surface area contributed by atoms with Crippen molar-refractivity contribution in [1.82, 2.24) is 0 Å². The van der Waals surface area contributed by atoms with Crippen molar-refractivity contribution in [1.29, 1.82) is 0 Å². The van der Waals surface area contributed by atoms with Gasteiger partial charge in [-0.2, -0.15) is 0 Å². The van der Waals surface area contributed by atoms with Crippen LogP contribution in [0.2, 0.25) is 5.02 Å². The number of rotatable bonds is 2. The molecule has 0 aliphatic heterocycles. The first-order chi connectivity index (χ1) is 6.18. The first-order valence-corrected chi connectivity index (χ1v) is 4.82. The van der Waals surface area contributed by atoms with Gasteiger partial charge in [-0.15, -0.1) is 0 Å². The normalized spacial score (nSPS) is 25.7. The Hall–Kier alpha value is -0.820. The molecule has 0 heterocycles. The second kappa shape index (κ2) is 3.15. The van der Waals surface area contributed by atoms with Gasteiger partial charge in [0.25, 0.3) is 0 Å². The lowest BCUT2D eigenvalue weighted by Gasteiger charge is -1.97. The van der Waals surface area contributed by atoms with Crippen LogP contribution in [-0.4, -0.2) is 5.78 Å². The highest BCUT2D eigenvalue weighted by Crippen LogP contribution is 2.47. The molecule has 0 aromatic heterocycles. The van der Waals surface area contributed by atoms with Crippen LogP contribution in [0.5, 0.6) is 0 Å². The molecule has 2 heteroatoms. The molecule has 1 aliphatic rings. The van der Waals surface area contributed by atoms with E-state index in [1.165, 1.54) is 5.56 Å². The third kappa shape index (κ3) is 1.75. The van der Waals surface area contributed by atoms with E-state index < -0.39 is 0 Å². The summed E-state index contributed by atoms with van der Waals surface area (Å²) in [4.78, 5) is 11.0. The maximum absolute atomic E-state index is 11.0. The second-order valence-corrected chi connectivity index (χ2v) is 4.05. The predicted octanol–water partition coefficient (Wildman–Crippen LogP) is 3.03. The summed E-state index contributed by atoms with van der Waals surface area (Å²) in [5, 5.41) is 0.753. The number of hydrogen-bond donors (Lipinski definition) is 0. The van der Waals surface area contributed by atoms with Crippen molar-refractivity contribution >= 4 is 17.4 Å². The monoisotopic (exact) mass is 194 g/mol. The first-order valence-electron chi connectivity index (χ1n) is 4.44. The summed E-state index contributed by atoms with van der Waals surface area (Å²) in [7, 11) is 0. The van der Waals surface area contributed by atoms with Gasteiger partial charge in [0.1, 0.15) is 5.78 Å². The van der Waals surface area contributed by atoms with E-state index in [0.29, 0.717) is 11.7 Å². The minimum atomic E-state index is 0.265. The molecule has 0 saturated heterocycles. The predicted molar refractivity (Wildman–Crippen MR) is 53.0 cm³/mol. The topological polar surface area (TPSA) is 17.1 Å². The highest BCUT2D eigenvalue weighted by Gasteiger charge is 2.41. The summed E-state index contributed by atoms with van der Waals surface area (Å²) >= 11 is 5.77. The average Bonchev–Trinajstić information content (AvgIpc) is 2.85. The number of Topliss-reactive ketones (excluding diaryl/α,β-unsaturated/α-hetero) is 1. The zero-order valence-corrected chi connectivity index (χ0v) is 8.21. The molecule has 0 unspecified atom stereocenters. The molecule has 1 nitrogen and oxygen atoms in total. The summed E-state index contributed by atoms with van der Waals surface area (Å²) in [5.41, 5.74) is 1.24. The second-order valence-electron chi connectivity index (χ2n) is 3.61. The molecule has 1 fully saturated rings. The molecule has 0 radical (unpaired) electrons. The van der Waals surface area contributed by atoms with Gasteiger partial charge in [0, 0.05) is 10.9 Å². The van der Waals surface area contributed by atoms with Gasteiger partial charge in [-0.25, -0.2) is 0 Å². The molecule has 0 bridgehead atoms. The Morgan fingerprint density at radius 3 is 2.46 bits per heavy atom. The molecule has 1 saturated carbocycles. The molecular weight excluding hydrogens is 184 g/mol. The summed E-state index contributed by atoms with van der Waals surface area (Å²) in [5.74, 6) is 1.02. The first kappa shape index (κ1) is 8.76. The zero-order valence-electron chi connectivity index (χ0n) is 7.46. The van der Waals surface area contributed by atoms with Crippen LogP contribution in [0.15, 0.2) is 24.3 Å². The van der Waals surface area contributed by atoms with Gasteiger partial charge in [0.2, 0.25) is 0 Å². The van der Waals surface area contributed by atoms with Crippen molar-refractivity contribution in [2.45, 2.75) is 19.3 Å². The highest BCUT2D eigenvalue weighted by atomic mass is 35.5. The maximum atomic E-state index is 11.0. The Labute approximate surface area is 82.7 Å². The lowest BCUT2D eigenvalue weighted by Crippen LogP contribution is -1.94. The molecule has 1 aromatic carbocycles. The van der Waals surface area contributed by atoms with Crippen molar-refractivity contribution in [3.8, 4) is 0 Å². The van der Waals surface area contributed by atoms with Gasteiger partial charge in [-0.1, -0.05) is 23.7 Å². The maximum Gasteiger partial charge on any atom is 0.133 e. The summed E-state index contributed by atoms with van der Waals surface area (Å²) in [6.45, 7) is 1.67. The lowest BCUT2D eigenvalue weighted by atomic mass is 10.1. The van der Waals surface area contributed by atoms with Crippen LogP contribution in [0.25, 0.3) is 0 Å². The summed E-state index contributed by atoms with van der Waals surface area (Å²) in [6, 6.07) is 7.78. The summed E-state index contributed by atoms with van der Waals surface area (Å²) in [6.07, 6.45) is 1.01. The fourth-order valence-corrected chi connectivity index (χ4v) is 1.85. The van der Waals surface area contributed by atoms with Gasteiger partial charge in [0.15, 0.2) is 0 Å². The largest absolute Gasteiger partial charge is 0.300 e. The van der Waals surface area contributed by atoms with Gasteiger partial charge >= 0.3 is 0 Å². The zero-order chi connectivity index (χ0) is 9.42. The highest BCUT2D eigenvalue weighted by molar-refractivity contribution is 6.30. The standard InChI is InChI=1S/C11H11ClO/c1-7(13)10-6-11(10)8-2-4-9(12)5-3-8/h2-5,10-11H,6H2,1H3/t10-,11-/m1/s1. The van der Waals surface area contributed by atoms with E-state index in [-0.39, 0.29) is 5.92 Å². The molecule has 1 aliphatic carbocycles. The third-order valence-corrected chi connectivity index (χ3v) is 2.86. The van der Waals surface area contributed by atoms with Crippen LogP contribution in [0.1, 0.15) is 24.8 Å². The van der Waals surface area contributed by atoms with Crippen molar-refractivity contribution in [3.63, 3.8) is 0 Å². The third-order valence-electron chi connectivity index (χ3n) is 2.61. The van der Waals surface area contributed by atoms with E-state index in [4.69, 9.17) is 11.6 Å². The number of ketones is 1. The average molecular weight is 195 g/mol. The Kier molecular flexibility index (Phi) is 2.12. The van der Waals surface area contributed by atoms with Crippen LogP contribution in [0, 0.1) is 5.92 Å². The molecule has 0 amide bonds. The SMILES string of the molecule is CC(=O)[C@H]1C[C@@H]1c1ccc(Cl)cc1. The molecular formula is C11H11ClO. The molecule has 0 spiro atoms. The summed E-state index contributed by atoms with van der Waals surface area (Å²) < 4.78 is 0. The number of benzene rings is 1. The number of halogens is 1. The molecule has 2 atom stereocenters. The van der Waals surface area contributed by atoms with Crippen LogP contribution in [0.3, 0.4) is 0 Å². The van der Waals surface area contributed by atoms with Gasteiger partial charge in [-0.05, 0) is 37.0 Å². The molecule has 13 heavy (non-hydrogen) atoms. The van der Waals surface area contributed by atoms with E-state index in [1.807, 2.05) is 24.3 Å². The van der Waals surface area contributed by atoms with Gasteiger partial charge in [-0.3, -0.25) is 4.79 Å². The lowest BCUT2D eigenvalue weighted by molar-refractivity contribution is -0.118. The molecule has 2 rings (SSSR count). The van der Waals surface area contributed by atoms with Crippen LogP contribution >= 0.6 is 11.6 Å². The number of carbonyl (C=O) groups excluding carboxylic acids is 1. The molecule has 68 valence electrons. The Morgan fingerprint density at radius 1 is 1.38 bits per heavy atom. The smallest absolute Gasteiger partial charge is 0.133 e. The van der Waals surface area contributed by atoms with Gasteiger partial charge in [0.05, 0.1) is 0 Å². The van der Waals surface area contributed by atoms with Crippen LogP contribution < -0.4 is 0 Å². The minimum absolute atomic E-state index is 0.265. The number of carbonyl (C=O) groups is 1. The Balaban J connectivity index is 2.12. The van der Waals surface area contributed by atoms with Crippen LogP contribution in [0.4, 0.5) is 0 Å². The molecule has 0 N–H and O–H groups in total. The van der Waals surface area contributed by atoms with E-state index in [2.05, 4.69) is 0 Å². The van der Waals surface area contributed by atoms with E-state index in [1.54, 1.807) is 6.92 Å². The van der Waals surface area contributed by atoms with E-state index in [0.717, 1.165) is 11.4 Å². The van der Waals surface area contributed by atoms with Crippen molar-refractivity contribution < 1.29 is 4.79 Å². The quantitative estimate of drug-likeness (QED) is 0.708. The fourth-order valence-electron chi connectivity index (χ4n) is 1.72. The van der Waals surface area contributed by atoms with Gasteiger partial charge < -0.3 is 0 Å². The van der Waals surface area contributed by atoms with Crippen LogP contribution in [-0.2, 0) is 4.79 Å². The van der Waals surface area contributed by atoms with E-state index in [9.17, 15) is 4.79 Å². The molecule has 1 aromatic rings. The van der Waals surface area contributed by atoms with E-state index >= 15 is 0 Å². The van der Waals surface area contributed by atoms with Crippen molar-refractivity contribution in [2.75, 3.05) is 0 Å². The van der Waals surface area contributed by atoms with Crippen molar-refractivity contribution in [2.24, 2.45) is 5.92 Å². The Morgan fingerprint density at radius 2 is 2.00 bits per heavy atom. The van der Waals surface area contributed by atoms with Crippen molar-refractivity contribution in [3.05, 3.63) is 34.9 Å². The number of hydrogen-bond acceptors (Lipinski definition) is 1.